The minimum absolute atomic E-state index is 0.0459. The van der Waals surface area contributed by atoms with Gasteiger partial charge in [-0.2, -0.15) is 8.78 Å². The van der Waals surface area contributed by atoms with E-state index in [0.29, 0.717) is 24.8 Å². The summed E-state index contributed by atoms with van der Waals surface area (Å²) in [5.41, 5.74) is 0.872. The first-order valence-corrected chi connectivity index (χ1v) is 7.86. The number of benzene rings is 1. The SMILES string of the molecule is CN=C(NCCc1ccc(OC)c(OC(F)F)c1)NC1CC=CC1. The van der Waals surface area contributed by atoms with Gasteiger partial charge in [-0.3, -0.25) is 4.99 Å². The molecule has 0 saturated carbocycles. The van der Waals surface area contributed by atoms with E-state index in [1.54, 1.807) is 19.2 Å². The number of nitrogens with one attached hydrogen (secondary N) is 2. The lowest BCUT2D eigenvalue weighted by Gasteiger charge is -2.17. The van der Waals surface area contributed by atoms with E-state index in [4.69, 9.17) is 4.74 Å². The van der Waals surface area contributed by atoms with Crippen LogP contribution >= 0.6 is 0 Å². The molecule has 0 fully saturated rings. The maximum Gasteiger partial charge on any atom is 0.387 e. The minimum Gasteiger partial charge on any atom is -0.493 e. The van der Waals surface area contributed by atoms with Crippen molar-refractivity contribution in [1.82, 2.24) is 10.6 Å². The summed E-state index contributed by atoms with van der Waals surface area (Å²) < 4.78 is 34.4. The van der Waals surface area contributed by atoms with Gasteiger partial charge in [0.15, 0.2) is 17.5 Å². The highest BCUT2D eigenvalue weighted by molar-refractivity contribution is 5.80. The maximum absolute atomic E-state index is 12.4. The third kappa shape index (κ3) is 5.40. The number of aliphatic imine (C=N–C) groups is 1. The zero-order valence-corrected chi connectivity index (χ0v) is 13.9. The zero-order chi connectivity index (χ0) is 17.4. The molecule has 0 heterocycles. The summed E-state index contributed by atoms with van der Waals surface area (Å²) in [5, 5.41) is 6.56. The molecule has 2 N–H and O–H groups in total. The number of rotatable bonds is 7. The molecule has 0 atom stereocenters. The molecule has 132 valence electrons. The van der Waals surface area contributed by atoms with Gasteiger partial charge in [0.25, 0.3) is 0 Å². The summed E-state index contributed by atoms with van der Waals surface area (Å²) in [6, 6.07) is 5.41. The van der Waals surface area contributed by atoms with Crippen molar-refractivity contribution < 1.29 is 18.3 Å². The Morgan fingerprint density at radius 1 is 1.29 bits per heavy atom. The van der Waals surface area contributed by atoms with Gasteiger partial charge in [-0.25, -0.2) is 0 Å². The second kappa shape index (κ2) is 9.10. The van der Waals surface area contributed by atoms with Crippen molar-refractivity contribution in [2.24, 2.45) is 4.99 Å². The van der Waals surface area contributed by atoms with Crippen LogP contribution < -0.4 is 20.1 Å². The first-order chi connectivity index (χ1) is 11.6. The van der Waals surface area contributed by atoms with Gasteiger partial charge in [0.1, 0.15) is 0 Å². The number of hydrogen-bond acceptors (Lipinski definition) is 3. The topological polar surface area (TPSA) is 54.9 Å². The van der Waals surface area contributed by atoms with E-state index in [2.05, 4.69) is 32.5 Å². The molecule has 1 aromatic carbocycles. The second-order valence-corrected chi connectivity index (χ2v) is 5.40. The molecule has 2 rings (SSSR count). The number of ether oxygens (including phenoxy) is 2. The van der Waals surface area contributed by atoms with Crippen LogP contribution in [0.3, 0.4) is 0 Å². The lowest BCUT2D eigenvalue weighted by molar-refractivity contribution is -0.0512. The second-order valence-electron chi connectivity index (χ2n) is 5.40. The molecule has 0 spiro atoms. The molecular formula is C17H23F2N3O2. The highest BCUT2D eigenvalue weighted by atomic mass is 19.3. The zero-order valence-electron chi connectivity index (χ0n) is 13.9. The van der Waals surface area contributed by atoms with E-state index in [9.17, 15) is 8.78 Å². The largest absolute Gasteiger partial charge is 0.493 e. The highest BCUT2D eigenvalue weighted by Gasteiger charge is 2.13. The van der Waals surface area contributed by atoms with Crippen LogP contribution in [0.15, 0.2) is 35.3 Å². The molecule has 1 aliphatic rings. The fourth-order valence-electron chi connectivity index (χ4n) is 2.51. The molecule has 5 nitrogen and oxygen atoms in total. The number of guanidine groups is 1. The third-order valence-electron chi connectivity index (χ3n) is 3.72. The average Bonchev–Trinajstić information content (AvgIpc) is 3.06. The molecule has 0 radical (unpaired) electrons. The van der Waals surface area contributed by atoms with E-state index >= 15 is 0 Å². The molecule has 1 aliphatic carbocycles. The van der Waals surface area contributed by atoms with Crippen LogP contribution in [-0.4, -0.2) is 39.3 Å². The summed E-state index contributed by atoms with van der Waals surface area (Å²) in [5.74, 6) is 1.07. The Labute approximate surface area is 140 Å². The Morgan fingerprint density at radius 2 is 2.04 bits per heavy atom. The summed E-state index contributed by atoms with van der Waals surface area (Å²) in [6.07, 6.45) is 6.92. The van der Waals surface area contributed by atoms with Gasteiger partial charge >= 0.3 is 6.61 Å². The van der Waals surface area contributed by atoms with Crippen LogP contribution in [0.2, 0.25) is 0 Å². The van der Waals surface area contributed by atoms with Gasteiger partial charge in [-0.1, -0.05) is 18.2 Å². The predicted molar refractivity (Wildman–Crippen MR) is 90.0 cm³/mol. The smallest absolute Gasteiger partial charge is 0.387 e. The van der Waals surface area contributed by atoms with Crippen LogP contribution in [0.4, 0.5) is 8.78 Å². The van der Waals surface area contributed by atoms with Crippen LogP contribution in [0.25, 0.3) is 0 Å². The normalized spacial score (nSPS) is 15.0. The molecule has 1 aromatic rings. The fourth-order valence-corrected chi connectivity index (χ4v) is 2.51. The molecule has 0 amide bonds. The van der Waals surface area contributed by atoms with Gasteiger partial charge in [-0.15, -0.1) is 0 Å². The van der Waals surface area contributed by atoms with Crippen LogP contribution in [0, 0.1) is 0 Å². The van der Waals surface area contributed by atoms with Crippen molar-refractivity contribution in [2.45, 2.75) is 31.9 Å². The average molecular weight is 339 g/mol. The van der Waals surface area contributed by atoms with Crippen LogP contribution in [0.5, 0.6) is 11.5 Å². The van der Waals surface area contributed by atoms with Gasteiger partial charge in [-0.05, 0) is 37.0 Å². The van der Waals surface area contributed by atoms with E-state index < -0.39 is 6.61 Å². The predicted octanol–water partition coefficient (Wildman–Crippen LogP) is 2.72. The number of alkyl halides is 2. The monoisotopic (exact) mass is 339 g/mol. The minimum atomic E-state index is -2.88. The molecule has 0 aromatic heterocycles. The van der Waals surface area contributed by atoms with Crippen LogP contribution in [-0.2, 0) is 6.42 Å². The van der Waals surface area contributed by atoms with Crippen molar-refractivity contribution >= 4 is 5.96 Å². The summed E-state index contributed by atoms with van der Waals surface area (Å²) in [7, 11) is 3.14. The first-order valence-electron chi connectivity index (χ1n) is 7.86. The molecular weight excluding hydrogens is 316 g/mol. The molecule has 0 saturated heterocycles. The van der Waals surface area contributed by atoms with Crippen molar-refractivity contribution in [3.05, 3.63) is 35.9 Å². The molecule has 24 heavy (non-hydrogen) atoms. The number of hydrogen-bond donors (Lipinski definition) is 2. The molecule has 0 bridgehead atoms. The Balaban J connectivity index is 1.86. The van der Waals surface area contributed by atoms with Crippen molar-refractivity contribution in [3.63, 3.8) is 0 Å². The Bertz CT molecular complexity index is 583. The molecule has 0 aliphatic heterocycles. The maximum atomic E-state index is 12.4. The summed E-state index contributed by atoms with van der Waals surface area (Å²) in [4.78, 5) is 4.19. The number of methoxy groups -OCH3 is 1. The van der Waals surface area contributed by atoms with Crippen LogP contribution in [0.1, 0.15) is 18.4 Å². The first kappa shape index (κ1) is 18.0. The molecule has 7 heteroatoms. The third-order valence-corrected chi connectivity index (χ3v) is 3.72. The quantitative estimate of drug-likeness (QED) is 0.456. The number of halogens is 2. The highest BCUT2D eigenvalue weighted by Crippen LogP contribution is 2.29. The van der Waals surface area contributed by atoms with E-state index in [-0.39, 0.29) is 5.75 Å². The van der Waals surface area contributed by atoms with Crippen molar-refractivity contribution in [2.75, 3.05) is 20.7 Å². The van der Waals surface area contributed by atoms with E-state index in [1.807, 2.05) is 6.07 Å². The fraction of sp³-hybridized carbons (Fsp3) is 0.471. The van der Waals surface area contributed by atoms with E-state index in [1.165, 1.54) is 7.11 Å². The van der Waals surface area contributed by atoms with Gasteiger partial charge in [0, 0.05) is 19.6 Å². The van der Waals surface area contributed by atoms with Crippen molar-refractivity contribution in [3.8, 4) is 11.5 Å². The lowest BCUT2D eigenvalue weighted by Crippen LogP contribution is -2.43. The Morgan fingerprint density at radius 3 is 2.67 bits per heavy atom. The lowest BCUT2D eigenvalue weighted by atomic mass is 10.1. The van der Waals surface area contributed by atoms with Gasteiger partial charge in [0.05, 0.1) is 7.11 Å². The summed E-state index contributed by atoms with van der Waals surface area (Å²) in [6.45, 7) is -2.25. The van der Waals surface area contributed by atoms with Crippen molar-refractivity contribution in [1.29, 1.82) is 0 Å². The Kier molecular flexibility index (Phi) is 6.84. The van der Waals surface area contributed by atoms with Gasteiger partial charge < -0.3 is 20.1 Å². The molecule has 0 unspecified atom stereocenters. The number of nitrogens with zero attached hydrogens (tertiary/aromatic N) is 1. The van der Waals surface area contributed by atoms with Gasteiger partial charge in [0.2, 0.25) is 0 Å². The van der Waals surface area contributed by atoms with E-state index in [0.717, 1.165) is 24.4 Å². The summed E-state index contributed by atoms with van der Waals surface area (Å²) >= 11 is 0. The Hall–Kier alpha value is -2.31. The standard InChI is InChI=1S/C17H23F2N3O2/c1-20-17(22-13-5-3-4-6-13)21-10-9-12-7-8-14(23-2)15(11-12)24-16(18)19/h3-4,7-8,11,13,16H,5-6,9-10H2,1-2H3,(H2,20,21,22).